The second-order valence-corrected chi connectivity index (χ2v) is 8.79. The Balaban J connectivity index is 1.52. The van der Waals surface area contributed by atoms with Crippen LogP contribution in [-0.4, -0.2) is 22.5 Å². The third-order valence-electron chi connectivity index (χ3n) is 6.04. The van der Waals surface area contributed by atoms with Crippen molar-refractivity contribution in [1.29, 1.82) is 0 Å². The molecule has 4 aliphatic carbocycles. The van der Waals surface area contributed by atoms with Gasteiger partial charge in [-0.3, -0.25) is 4.99 Å². The molecule has 2 unspecified atom stereocenters. The summed E-state index contributed by atoms with van der Waals surface area (Å²) in [5, 5.41) is 5.18. The zero-order valence-corrected chi connectivity index (χ0v) is 13.0. The summed E-state index contributed by atoms with van der Waals surface area (Å²) in [5.74, 6) is 5.02. The van der Waals surface area contributed by atoms with Crippen molar-refractivity contribution in [2.75, 3.05) is 5.75 Å². The van der Waals surface area contributed by atoms with Gasteiger partial charge in [0.15, 0.2) is 5.17 Å². The topological polar surface area (TPSA) is 24.4 Å². The first kappa shape index (κ1) is 12.6. The molecule has 0 aromatic heterocycles. The first-order chi connectivity index (χ1) is 9.12. The molecular formula is C16H26N2S. The van der Waals surface area contributed by atoms with Crippen molar-refractivity contribution in [3.8, 4) is 0 Å². The van der Waals surface area contributed by atoms with E-state index in [0.717, 1.165) is 23.7 Å². The summed E-state index contributed by atoms with van der Waals surface area (Å²) in [4.78, 5) is 4.91. The lowest BCUT2D eigenvalue weighted by Gasteiger charge is -2.57. The monoisotopic (exact) mass is 278 g/mol. The molecule has 0 amide bonds. The number of amidine groups is 1. The van der Waals surface area contributed by atoms with E-state index in [4.69, 9.17) is 4.99 Å². The molecule has 4 bridgehead atoms. The minimum absolute atomic E-state index is 0.431. The Morgan fingerprint density at radius 2 is 1.63 bits per heavy atom. The average molecular weight is 278 g/mol. The van der Waals surface area contributed by atoms with Crippen molar-refractivity contribution in [2.24, 2.45) is 28.7 Å². The normalized spacial score (nSPS) is 52.1. The smallest absolute Gasteiger partial charge is 0.157 e. The van der Waals surface area contributed by atoms with Crippen molar-refractivity contribution >= 4 is 16.9 Å². The second-order valence-electron chi connectivity index (χ2n) is 7.79. The highest BCUT2D eigenvalue weighted by molar-refractivity contribution is 8.13. The van der Waals surface area contributed by atoms with E-state index in [0.29, 0.717) is 11.6 Å². The lowest BCUT2D eigenvalue weighted by Crippen LogP contribution is -2.59. The Hall–Kier alpha value is -0.180. The number of hydrogen-bond donors (Lipinski definition) is 1. The van der Waals surface area contributed by atoms with Gasteiger partial charge in [-0.15, -0.1) is 0 Å². The lowest BCUT2D eigenvalue weighted by atomic mass is 9.53. The van der Waals surface area contributed by atoms with Gasteiger partial charge in [-0.05, 0) is 69.1 Å². The molecule has 0 aromatic rings. The van der Waals surface area contributed by atoms with Crippen LogP contribution in [0.2, 0.25) is 0 Å². The molecule has 106 valence electrons. The minimum atomic E-state index is 0.431. The van der Waals surface area contributed by atoms with E-state index in [1.54, 1.807) is 0 Å². The Kier molecular flexibility index (Phi) is 2.91. The third kappa shape index (κ3) is 2.22. The fourth-order valence-corrected chi connectivity index (χ4v) is 6.49. The fraction of sp³-hybridized carbons (Fsp3) is 0.938. The van der Waals surface area contributed by atoms with Crippen LogP contribution in [0.5, 0.6) is 0 Å². The number of rotatable bonds is 1. The Morgan fingerprint density at radius 3 is 2.16 bits per heavy atom. The standard InChI is InChI=1S/C16H26N2S/c1-10-9-19-15(17-11(10)2)18-16-6-12-3-13(7-16)5-14(4-12)8-16/h10-14H,3-9H2,1-2H3,(H,17,18). The van der Waals surface area contributed by atoms with Crippen molar-refractivity contribution in [3.05, 3.63) is 0 Å². The number of nitrogens with zero attached hydrogens (tertiary/aromatic N) is 1. The van der Waals surface area contributed by atoms with Crippen molar-refractivity contribution < 1.29 is 0 Å². The molecule has 0 spiro atoms. The summed E-state index contributed by atoms with van der Waals surface area (Å²) in [6.07, 6.45) is 8.82. The SMILES string of the molecule is CC1CSC(NC23CC4CC(CC(C4)C2)C3)=NC1C. The molecular weight excluding hydrogens is 252 g/mol. The van der Waals surface area contributed by atoms with Crippen LogP contribution in [-0.2, 0) is 0 Å². The largest absolute Gasteiger partial charge is 0.359 e. The molecule has 1 N–H and O–H groups in total. The van der Waals surface area contributed by atoms with E-state index < -0.39 is 0 Å². The lowest BCUT2D eigenvalue weighted by molar-refractivity contribution is -0.00970. The highest BCUT2D eigenvalue weighted by Crippen LogP contribution is 2.55. The van der Waals surface area contributed by atoms with Crippen LogP contribution in [0.25, 0.3) is 0 Å². The second kappa shape index (κ2) is 4.41. The fourth-order valence-electron chi connectivity index (χ4n) is 5.26. The molecule has 5 rings (SSSR count). The summed E-state index contributed by atoms with van der Waals surface area (Å²) < 4.78 is 0. The van der Waals surface area contributed by atoms with Crippen LogP contribution in [0.1, 0.15) is 52.4 Å². The van der Waals surface area contributed by atoms with Gasteiger partial charge in [0, 0.05) is 11.3 Å². The van der Waals surface area contributed by atoms with Gasteiger partial charge in [-0.2, -0.15) is 0 Å². The molecule has 1 aliphatic heterocycles. The van der Waals surface area contributed by atoms with E-state index in [1.165, 1.54) is 49.4 Å². The van der Waals surface area contributed by atoms with E-state index in [9.17, 15) is 0 Å². The summed E-state index contributed by atoms with van der Waals surface area (Å²) in [5.41, 5.74) is 0.431. The summed E-state index contributed by atoms with van der Waals surface area (Å²) in [7, 11) is 0. The van der Waals surface area contributed by atoms with Gasteiger partial charge >= 0.3 is 0 Å². The molecule has 0 aromatic carbocycles. The van der Waals surface area contributed by atoms with Crippen molar-refractivity contribution in [3.63, 3.8) is 0 Å². The summed E-state index contributed by atoms with van der Waals surface area (Å²) in [6.45, 7) is 4.59. The van der Waals surface area contributed by atoms with E-state index in [1.807, 2.05) is 11.8 Å². The molecule has 2 atom stereocenters. The number of thioether (sulfide) groups is 1. The molecule has 0 saturated heterocycles. The van der Waals surface area contributed by atoms with E-state index in [-0.39, 0.29) is 0 Å². The molecule has 19 heavy (non-hydrogen) atoms. The maximum atomic E-state index is 4.91. The highest BCUT2D eigenvalue weighted by atomic mass is 32.2. The average Bonchev–Trinajstić information content (AvgIpc) is 2.31. The first-order valence-electron chi connectivity index (χ1n) is 8.11. The maximum absolute atomic E-state index is 4.91. The molecule has 3 heteroatoms. The van der Waals surface area contributed by atoms with Crippen LogP contribution in [0.3, 0.4) is 0 Å². The predicted molar refractivity (Wildman–Crippen MR) is 82.6 cm³/mol. The summed E-state index contributed by atoms with van der Waals surface area (Å²) in [6, 6.07) is 0.498. The van der Waals surface area contributed by atoms with E-state index in [2.05, 4.69) is 19.2 Å². The van der Waals surface area contributed by atoms with Gasteiger partial charge in [0.1, 0.15) is 0 Å². The van der Waals surface area contributed by atoms with Gasteiger partial charge in [-0.25, -0.2) is 0 Å². The Bertz CT molecular complexity index is 368. The zero-order chi connectivity index (χ0) is 13.0. The van der Waals surface area contributed by atoms with Gasteiger partial charge in [0.25, 0.3) is 0 Å². The molecule has 1 heterocycles. The van der Waals surface area contributed by atoms with Gasteiger partial charge in [0.2, 0.25) is 0 Å². The third-order valence-corrected chi connectivity index (χ3v) is 7.21. The van der Waals surface area contributed by atoms with E-state index >= 15 is 0 Å². The first-order valence-corrected chi connectivity index (χ1v) is 9.09. The predicted octanol–water partition coefficient (Wildman–Crippen LogP) is 3.67. The van der Waals surface area contributed by atoms with Crippen LogP contribution >= 0.6 is 11.8 Å². The van der Waals surface area contributed by atoms with Crippen LogP contribution in [0, 0.1) is 23.7 Å². The Morgan fingerprint density at radius 1 is 1.05 bits per heavy atom. The van der Waals surface area contributed by atoms with Crippen LogP contribution in [0.15, 0.2) is 4.99 Å². The molecule has 4 saturated carbocycles. The van der Waals surface area contributed by atoms with Crippen LogP contribution < -0.4 is 5.32 Å². The van der Waals surface area contributed by atoms with Gasteiger partial charge < -0.3 is 5.32 Å². The van der Waals surface area contributed by atoms with Crippen LogP contribution in [0.4, 0.5) is 0 Å². The molecule has 2 nitrogen and oxygen atoms in total. The number of hydrogen-bond acceptors (Lipinski definition) is 3. The van der Waals surface area contributed by atoms with Gasteiger partial charge in [0.05, 0.1) is 6.04 Å². The number of aliphatic imine (C=N–C) groups is 1. The highest BCUT2D eigenvalue weighted by Gasteiger charge is 2.51. The minimum Gasteiger partial charge on any atom is -0.359 e. The quantitative estimate of drug-likeness (QED) is 0.791. The molecule has 4 fully saturated rings. The van der Waals surface area contributed by atoms with Crippen molar-refractivity contribution in [1.82, 2.24) is 5.32 Å². The van der Waals surface area contributed by atoms with Gasteiger partial charge in [-0.1, -0.05) is 18.7 Å². The van der Waals surface area contributed by atoms with Crippen molar-refractivity contribution in [2.45, 2.75) is 64.0 Å². The molecule has 0 radical (unpaired) electrons. The number of nitrogens with one attached hydrogen (secondary N) is 1. The summed E-state index contributed by atoms with van der Waals surface area (Å²) >= 11 is 1.96. The zero-order valence-electron chi connectivity index (χ0n) is 12.2. The molecule has 5 aliphatic rings. The Labute approximate surface area is 121 Å². The maximum Gasteiger partial charge on any atom is 0.157 e.